The molecular weight excluding hydrogens is 238 g/mol. The van der Waals surface area contributed by atoms with E-state index in [0.29, 0.717) is 17.0 Å². The number of aryl methyl sites for hydroxylation is 1. The van der Waals surface area contributed by atoms with Crippen LogP contribution in [-0.4, -0.2) is 24.2 Å². The number of amides is 1. The molecular formula is C16H19NO2. The molecule has 1 aliphatic carbocycles. The standard InChI is InChI=1S/C16H19NO2/c1-11-5-6-13(4-3-7-18)15(8-11)16(19)17-10-14-9-12(14)2/h5-6,8,12,14,18H,7,9-10H2,1-2H3,(H,17,19). The Kier molecular flexibility index (Phi) is 4.24. The van der Waals surface area contributed by atoms with E-state index in [1.54, 1.807) is 0 Å². The first-order chi connectivity index (χ1) is 9.11. The van der Waals surface area contributed by atoms with Crippen LogP contribution in [0, 0.1) is 30.6 Å². The first-order valence-corrected chi connectivity index (χ1v) is 6.60. The lowest BCUT2D eigenvalue weighted by Gasteiger charge is -2.07. The van der Waals surface area contributed by atoms with E-state index in [2.05, 4.69) is 24.1 Å². The molecule has 2 N–H and O–H groups in total. The van der Waals surface area contributed by atoms with Crippen molar-refractivity contribution in [1.29, 1.82) is 0 Å². The van der Waals surface area contributed by atoms with Crippen molar-refractivity contribution >= 4 is 5.91 Å². The molecule has 2 unspecified atom stereocenters. The maximum Gasteiger partial charge on any atom is 0.252 e. The van der Waals surface area contributed by atoms with Gasteiger partial charge in [-0.1, -0.05) is 30.4 Å². The van der Waals surface area contributed by atoms with Gasteiger partial charge >= 0.3 is 0 Å². The average molecular weight is 257 g/mol. The van der Waals surface area contributed by atoms with Crippen molar-refractivity contribution in [1.82, 2.24) is 5.32 Å². The molecule has 1 aromatic rings. The maximum atomic E-state index is 12.2. The normalized spacial score (nSPS) is 20.4. The summed E-state index contributed by atoms with van der Waals surface area (Å²) >= 11 is 0. The average Bonchev–Trinajstić information content (AvgIpc) is 3.10. The molecule has 3 nitrogen and oxygen atoms in total. The van der Waals surface area contributed by atoms with Crippen LogP contribution in [0.5, 0.6) is 0 Å². The lowest BCUT2D eigenvalue weighted by Crippen LogP contribution is -2.26. The molecule has 1 aromatic carbocycles. The van der Waals surface area contributed by atoms with Crippen molar-refractivity contribution in [3.05, 3.63) is 34.9 Å². The third kappa shape index (κ3) is 3.59. The number of carbonyl (C=O) groups is 1. The number of aliphatic hydroxyl groups excluding tert-OH is 1. The van der Waals surface area contributed by atoms with Gasteiger partial charge in [0.2, 0.25) is 0 Å². The van der Waals surface area contributed by atoms with Crippen molar-refractivity contribution < 1.29 is 9.90 Å². The second kappa shape index (κ2) is 5.90. The van der Waals surface area contributed by atoms with Gasteiger partial charge in [0.25, 0.3) is 5.91 Å². The molecule has 2 atom stereocenters. The maximum absolute atomic E-state index is 12.2. The Balaban J connectivity index is 2.11. The lowest BCUT2D eigenvalue weighted by atomic mass is 10.0. The van der Waals surface area contributed by atoms with Crippen LogP contribution in [0.3, 0.4) is 0 Å². The number of hydrogen-bond acceptors (Lipinski definition) is 2. The predicted molar refractivity (Wildman–Crippen MR) is 74.7 cm³/mol. The number of benzene rings is 1. The molecule has 0 heterocycles. The fourth-order valence-corrected chi connectivity index (χ4v) is 2.09. The van der Waals surface area contributed by atoms with Crippen molar-refractivity contribution in [3.8, 4) is 11.8 Å². The van der Waals surface area contributed by atoms with Gasteiger partial charge in [-0.25, -0.2) is 0 Å². The summed E-state index contributed by atoms with van der Waals surface area (Å²) in [5.74, 6) is 6.69. The van der Waals surface area contributed by atoms with Crippen LogP contribution < -0.4 is 5.32 Å². The summed E-state index contributed by atoms with van der Waals surface area (Å²) in [7, 11) is 0. The van der Waals surface area contributed by atoms with Gasteiger partial charge in [-0.15, -0.1) is 0 Å². The first kappa shape index (κ1) is 13.6. The molecule has 0 saturated heterocycles. The van der Waals surface area contributed by atoms with Crippen LogP contribution in [0.15, 0.2) is 18.2 Å². The van der Waals surface area contributed by atoms with Gasteiger partial charge in [-0.05, 0) is 37.3 Å². The summed E-state index contributed by atoms with van der Waals surface area (Å²) in [6, 6.07) is 5.58. The number of rotatable bonds is 3. The molecule has 0 spiro atoms. The molecule has 0 bridgehead atoms. The smallest absolute Gasteiger partial charge is 0.252 e. The lowest BCUT2D eigenvalue weighted by molar-refractivity contribution is 0.0951. The second-order valence-corrected chi connectivity index (χ2v) is 5.19. The summed E-state index contributed by atoms with van der Waals surface area (Å²) in [5, 5.41) is 11.7. The summed E-state index contributed by atoms with van der Waals surface area (Å²) in [6.07, 6.45) is 1.20. The van der Waals surface area contributed by atoms with E-state index >= 15 is 0 Å². The van der Waals surface area contributed by atoms with Crippen LogP contribution in [0.2, 0.25) is 0 Å². The zero-order chi connectivity index (χ0) is 13.8. The molecule has 1 fully saturated rings. The van der Waals surface area contributed by atoms with E-state index in [4.69, 9.17) is 5.11 Å². The highest BCUT2D eigenvalue weighted by atomic mass is 16.2. The minimum absolute atomic E-state index is 0.0787. The van der Waals surface area contributed by atoms with Gasteiger partial charge in [0, 0.05) is 12.1 Å². The van der Waals surface area contributed by atoms with Gasteiger partial charge in [0.1, 0.15) is 6.61 Å². The fourth-order valence-electron chi connectivity index (χ4n) is 2.09. The third-order valence-electron chi connectivity index (χ3n) is 3.52. The Morgan fingerprint density at radius 2 is 2.26 bits per heavy atom. The van der Waals surface area contributed by atoms with E-state index in [9.17, 15) is 4.79 Å². The minimum Gasteiger partial charge on any atom is -0.384 e. The summed E-state index contributed by atoms with van der Waals surface area (Å²) in [6.45, 7) is 4.68. The minimum atomic E-state index is -0.200. The highest BCUT2D eigenvalue weighted by Gasteiger charge is 2.32. The zero-order valence-electron chi connectivity index (χ0n) is 11.4. The SMILES string of the molecule is Cc1ccc(C#CCO)c(C(=O)NCC2CC2C)c1. The third-order valence-corrected chi connectivity index (χ3v) is 3.52. The van der Waals surface area contributed by atoms with Crippen LogP contribution in [0.1, 0.15) is 34.8 Å². The van der Waals surface area contributed by atoms with Crippen molar-refractivity contribution in [2.75, 3.05) is 13.2 Å². The Morgan fingerprint density at radius 1 is 1.53 bits per heavy atom. The first-order valence-electron chi connectivity index (χ1n) is 6.60. The van der Waals surface area contributed by atoms with Gasteiger partial charge < -0.3 is 10.4 Å². The number of aliphatic hydroxyl groups is 1. The van der Waals surface area contributed by atoms with Crippen molar-refractivity contribution in [2.45, 2.75) is 20.3 Å². The summed E-state index contributed by atoms with van der Waals surface area (Å²) in [4.78, 5) is 12.2. The largest absolute Gasteiger partial charge is 0.384 e. The molecule has 3 heteroatoms. The monoisotopic (exact) mass is 257 g/mol. The molecule has 1 amide bonds. The fraction of sp³-hybridized carbons (Fsp3) is 0.438. The van der Waals surface area contributed by atoms with E-state index < -0.39 is 0 Å². The second-order valence-electron chi connectivity index (χ2n) is 5.19. The van der Waals surface area contributed by atoms with E-state index in [1.807, 2.05) is 25.1 Å². The highest BCUT2D eigenvalue weighted by Crippen LogP contribution is 2.36. The van der Waals surface area contributed by atoms with E-state index in [0.717, 1.165) is 18.0 Å². The van der Waals surface area contributed by atoms with Crippen molar-refractivity contribution in [2.24, 2.45) is 11.8 Å². The van der Waals surface area contributed by atoms with Gasteiger partial charge in [-0.3, -0.25) is 4.79 Å². The Bertz CT molecular complexity index is 539. The topological polar surface area (TPSA) is 49.3 Å². The predicted octanol–water partition coefficient (Wildman–Crippen LogP) is 1.72. The number of carbonyl (C=O) groups excluding carboxylic acids is 1. The molecule has 0 aliphatic heterocycles. The Labute approximate surface area is 114 Å². The number of nitrogens with one attached hydrogen (secondary N) is 1. The molecule has 100 valence electrons. The molecule has 2 rings (SSSR count). The van der Waals surface area contributed by atoms with Crippen LogP contribution >= 0.6 is 0 Å². The quantitative estimate of drug-likeness (QED) is 0.810. The van der Waals surface area contributed by atoms with E-state index in [-0.39, 0.29) is 12.5 Å². The van der Waals surface area contributed by atoms with Crippen LogP contribution in [-0.2, 0) is 0 Å². The van der Waals surface area contributed by atoms with Crippen LogP contribution in [0.25, 0.3) is 0 Å². The number of hydrogen-bond donors (Lipinski definition) is 2. The zero-order valence-corrected chi connectivity index (χ0v) is 11.4. The Morgan fingerprint density at radius 3 is 2.89 bits per heavy atom. The summed E-state index contributed by atoms with van der Waals surface area (Å²) < 4.78 is 0. The van der Waals surface area contributed by atoms with Gasteiger partial charge in [0.15, 0.2) is 0 Å². The molecule has 0 aromatic heterocycles. The van der Waals surface area contributed by atoms with Crippen LogP contribution in [0.4, 0.5) is 0 Å². The molecule has 0 radical (unpaired) electrons. The Hall–Kier alpha value is -1.79. The molecule has 1 aliphatic rings. The highest BCUT2D eigenvalue weighted by molar-refractivity contribution is 5.97. The molecule has 1 saturated carbocycles. The van der Waals surface area contributed by atoms with Gasteiger partial charge in [0.05, 0.1) is 5.56 Å². The van der Waals surface area contributed by atoms with Gasteiger partial charge in [-0.2, -0.15) is 0 Å². The van der Waals surface area contributed by atoms with E-state index in [1.165, 1.54) is 6.42 Å². The van der Waals surface area contributed by atoms with Crippen molar-refractivity contribution in [3.63, 3.8) is 0 Å². The summed E-state index contributed by atoms with van der Waals surface area (Å²) in [5.41, 5.74) is 2.29. The molecule has 19 heavy (non-hydrogen) atoms.